The van der Waals surface area contributed by atoms with Crippen LogP contribution in [0.5, 0.6) is 0 Å². The highest BCUT2D eigenvalue weighted by Crippen LogP contribution is 2.26. The van der Waals surface area contributed by atoms with E-state index in [0.717, 1.165) is 6.42 Å². The van der Waals surface area contributed by atoms with Crippen molar-refractivity contribution in [1.29, 1.82) is 0 Å². The van der Waals surface area contributed by atoms with E-state index < -0.39 is 24.6 Å². The maximum Gasteiger partial charge on any atom is 0.186 e. The van der Waals surface area contributed by atoms with Crippen LogP contribution in [0, 0.1) is 5.92 Å². The van der Waals surface area contributed by atoms with E-state index in [9.17, 15) is 15.0 Å². The van der Waals surface area contributed by atoms with Gasteiger partial charge in [0.25, 0.3) is 0 Å². The molecule has 0 saturated carbocycles. The zero-order valence-corrected chi connectivity index (χ0v) is 11.5. The minimum Gasteiger partial charge on any atom is -0.394 e. The van der Waals surface area contributed by atoms with Gasteiger partial charge in [-0.2, -0.15) is 0 Å². The van der Waals surface area contributed by atoms with Crippen molar-refractivity contribution in [2.24, 2.45) is 5.92 Å². The van der Waals surface area contributed by atoms with E-state index in [1.807, 2.05) is 0 Å². The first-order valence-corrected chi connectivity index (χ1v) is 6.71. The summed E-state index contributed by atoms with van der Waals surface area (Å²) in [5.41, 5.74) is 0. The van der Waals surface area contributed by atoms with Crippen LogP contribution in [-0.2, 0) is 14.3 Å². The van der Waals surface area contributed by atoms with Crippen LogP contribution < -0.4 is 0 Å². The number of unbranched alkanes of at least 4 members (excludes halogenated alkanes) is 1. The summed E-state index contributed by atoms with van der Waals surface area (Å²) >= 11 is 0. The smallest absolute Gasteiger partial charge is 0.186 e. The van der Waals surface area contributed by atoms with Gasteiger partial charge in [0.15, 0.2) is 6.29 Å². The van der Waals surface area contributed by atoms with Crippen LogP contribution in [0.2, 0.25) is 0 Å². The number of hydrogen-bond donors (Lipinski definition) is 3. The Hall–Kier alpha value is -0.530. The van der Waals surface area contributed by atoms with Crippen molar-refractivity contribution >= 4 is 5.78 Å². The Morgan fingerprint density at radius 2 is 1.95 bits per heavy atom. The molecule has 6 nitrogen and oxygen atoms in total. The average molecular weight is 276 g/mol. The molecule has 1 aliphatic heterocycles. The molecule has 0 aromatic rings. The number of carbonyl (C=O) groups is 1. The van der Waals surface area contributed by atoms with Crippen molar-refractivity contribution in [3.63, 3.8) is 0 Å². The molecule has 0 bridgehead atoms. The third-order valence-electron chi connectivity index (χ3n) is 3.45. The third-order valence-corrected chi connectivity index (χ3v) is 3.45. The number of hydrogen-bond acceptors (Lipinski definition) is 6. The van der Waals surface area contributed by atoms with Crippen molar-refractivity contribution in [1.82, 2.24) is 0 Å². The molecule has 1 aliphatic rings. The first-order chi connectivity index (χ1) is 8.97. The highest BCUT2D eigenvalue weighted by atomic mass is 16.7. The average Bonchev–Trinajstić information content (AvgIpc) is 2.37. The molecular formula is C13H24O6. The SMILES string of the molecule is CC(=O)CCCCOC1OC(CO)C(C)C(O)C1O. The summed E-state index contributed by atoms with van der Waals surface area (Å²) in [4.78, 5) is 10.8. The molecule has 1 heterocycles. The molecule has 5 atom stereocenters. The first-order valence-electron chi connectivity index (χ1n) is 6.71. The van der Waals surface area contributed by atoms with Gasteiger partial charge in [-0.05, 0) is 19.8 Å². The lowest BCUT2D eigenvalue weighted by atomic mass is 9.91. The molecule has 0 aromatic heterocycles. The number of Topliss-reactive ketones (excluding diaryl/α,β-unsaturated/α-hetero) is 1. The summed E-state index contributed by atoms with van der Waals surface area (Å²) in [7, 11) is 0. The molecular weight excluding hydrogens is 252 g/mol. The maximum atomic E-state index is 10.8. The van der Waals surface area contributed by atoms with Crippen molar-refractivity contribution in [3.05, 3.63) is 0 Å². The van der Waals surface area contributed by atoms with E-state index in [2.05, 4.69) is 0 Å². The second kappa shape index (κ2) is 7.91. The predicted octanol–water partition coefficient (Wildman–Crippen LogP) is -0.163. The van der Waals surface area contributed by atoms with E-state index in [0.29, 0.717) is 19.4 Å². The Kier molecular flexibility index (Phi) is 6.88. The summed E-state index contributed by atoms with van der Waals surface area (Å²) in [5.74, 6) is -0.212. The maximum absolute atomic E-state index is 10.8. The standard InChI is InChI=1S/C13H24O6/c1-8(15)5-3-4-6-18-13-12(17)11(16)9(2)10(7-14)19-13/h9-14,16-17H,3-7H2,1-2H3. The molecule has 1 rings (SSSR count). The monoisotopic (exact) mass is 276 g/mol. The molecule has 19 heavy (non-hydrogen) atoms. The molecule has 3 N–H and O–H groups in total. The lowest BCUT2D eigenvalue weighted by molar-refractivity contribution is -0.288. The minimum absolute atomic E-state index is 0.138. The highest BCUT2D eigenvalue weighted by molar-refractivity contribution is 5.75. The van der Waals surface area contributed by atoms with Crippen LogP contribution >= 0.6 is 0 Å². The van der Waals surface area contributed by atoms with Crippen LogP contribution in [-0.4, -0.2) is 58.9 Å². The van der Waals surface area contributed by atoms with Crippen molar-refractivity contribution in [2.75, 3.05) is 13.2 Å². The first kappa shape index (κ1) is 16.5. The Morgan fingerprint density at radius 3 is 2.53 bits per heavy atom. The van der Waals surface area contributed by atoms with E-state index in [1.165, 1.54) is 0 Å². The van der Waals surface area contributed by atoms with Crippen LogP contribution in [0.4, 0.5) is 0 Å². The van der Waals surface area contributed by atoms with Gasteiger partial charge in [0, 0.05) is 18.9 Å². The van der Waals surface area contributed by atoms with Crippen LogP contribution in [0.1, 0.15) is 33.1 Å². The molecule has 6 heteroatoms. The Balaban J connectivity index is 2.33. The van der Waals surface area contributed by atoms with Crippen molar-refractivity contribution < 1.29 is 29.6 Å². The minimum atomic E-state index is -1.12. The van der Waals surface area contributed by atoms with Gasteiger partial charge in [-0.3, -0.25) is 0 Å². The zero-order valence-electron chi connectivity index (χ0n) is 11.5. The highest BCUT2D eigenvalue weighted by Gasteiger charge is 2.42. The van der Waals surface area contributed by atoms with Crippen molar-refractivity contribution in [3.8, 4) is 0 Å². The molecule has 112 valence electrons. The number of aliphatic hydroxyl groups excluding tert-OH is 3. The normalized spacial score (nSPS) is 35.3. The van der Waals surface area contributed by atoms with E-state index in [4.69, 9.17) is 14.6 Å². The molecule has 0 spiro atoms. The predicted molar refractivity (Wildman–Crippen MR) is 67.4 cm³/mol. The van der Waals surface area contributed by atoms with Gasteiger partial charge in [0.2, 0.25) is 0 Å². The molecule has 0 aliphatic carbocycles. The molecule has 0 radical (unpaired) electrons. The van der Waals surface area contributed by atoms with Crippen LogP contribution in [0.3, 0.4) is 0 Å². The van der Waals surface area contributed by atoms with Gasteiger partial charge >= 0.3 is 0 Å². The van der Waals surface area contributed by atoms with Crippen LogP contribution in [0.15, 0.2) is 0 Å². The Labute approximate surface area is 113 Å². The molecule has 0 aromatic carbocycles. The lowest BCUT2D eigenvalue weighted by Crippen LogP contribution is -2.55. The van der Waals surface area contributed by atoms with Gasteiger partial charge in [0.05, 0.1) is 18.8 Å². The summed E-state index contributed by atoms with van der Waals surface area (Å²) in [6, 6.07) is 0. The summed E-state index contributed by atoms with van der Waals surface area (Å²) < 4.78 is 10.8. The van der Waals surface area contributed by atoms with Gasteiger partial charge in [-0.1, -0.05) is 6.92 Å². The van der Waals surface area contributed by atoms with Gasteiger partial charge in [-0.25, -0.2) is 0 Å². The molecule has 1 fully saturated rings. The number of aliphatic hydroxyl groups is 3. The molecule has 5 unspecified atom stereocenters. The lowest BCUT2D eigenvalue weighted by Gasteiger charge is -2.40. The van der Waals surface area contributed by atoms with Gasteiger partial charge in [0.1, 0.15) is 11.9 Å². The number of rotatable bonds is 7. The number of ether oxygens (including phenoxy) is 2. The fraction of sp³-hybridized carbons (Fsp3) is 0.923. The fourth-order valence-electron chi connectivity index (χ4n) is 2.09. The summed E-state index contributed by atoms with van der Waals surface area (Å²) in [6.07, 6.45) is -1.65. The summed E-state index contributed by atoms with van der Waals surface area (Å²) in [5, 5.41) is 28.8. The summed E-state index contributed by atoms with van der Waals surface area (Å²) in [6.45, 7) is 3.36. The topological polar surface area (TPSA) is 96.2 Å². The number of carbonyl (C=O) groups excluding carboxylic acids is 1. The molecule has 1 saturated heterocycles. The Bertz CT molecular complexity index is 280. The third kappa shape index (κ3) is 4.81. The second-order valence-electron chi connectivity index (χ2n) is 5.10. The van der Waals surface area contributed by atoms with Crippen LogP contribution in [0.25, 0.3) is 0 Å². The fourth-order valence-corrected chi connectivity index (χ4v) is 2.09. The Morgan fingerprint density at radius 1 is 1.26 bits per heavy atom. The van der Waals surface area contributed by atoms with Crippen molar-refractivity contribution in [2.45, 2.75) is 57.7 Å². The van der Waals surface area contributed by atoms with Gasteiger partial charge in [-0.15, -0.1) is 0 Å². The second-order valence-corrected chi connectivity index (χ2v) is 5.10. The molecule has 0 amide bonds. The largest absolute Gasteiger partial charge is 0.394 e. The van der Waals surface area contributed by atoms with E-state index >= 15 is 0 Å². The quantitative estimate of drug-likeness (QED) is 0.559. The van der Waals surface area contributed by atoms with Gasteiger partial charge < -0.3 is 29.6 Å². The van der Waals surface area contributed by atoms with E-state index in [-0.39, 0.29) is 18.3 Å². The van der Waals surface area contributed by atoms with E-state index in [1.54, 1.807) is 13.8 Å². The zero-order chi connectivity index (χ0) is 14.4. The number of ketones is 1.